The van der Waals surface area contributed by atoms with Crippen LogP contribution in [-0.4, -0.2) is 37.6 Å². The second-order valence-corrected chi connectivity index (χ2v) is 7.33. The van der Waals surface area contributed by atoms with E-state index in [1.54, 1.807) is 0 Å². The number of nitrogens with one attached hydrogen (secondary N) is 1. The molecule has 0 spiro atoms. The Morgan fingerprint density at radius 2 is 1.93 bits per heavy atom. The maximum Gasteiger partial charge on any atom is 0.162 e. The largest absolute Gasteiger partial charge is 0.322 e. The van der Waals surface area contributed by atoms with Gasteiger partial charge >= 0.3 is 0 Å². The highest BCUT2D eigenvalue weighted by molar-refractivity contribution is 5.85. The van der Waals surface area contributed by atoms with E-state index < -0.39 is 0 Å². The summed E-state index contributed by atoms with van der Waals surface area (Å²) in [6.07, 6.45) is 11.8. The van der Waals surface area contributed by atoms with Crippen molar-refractivity contribution in [2.24, 2.45) is 0 Å². The van der Waals surface area contributed by atoms with Gasteiger partial charge in [0.25, 0.3) is 0 Å². The smallest absolute Gasteiger partial charge is 0.162 e. The number of imidazole rings is 1. The normalized spacial score (nSPS) is 20.1. The van der Waals surface area contributed by atoms with Gasteiger partial charge in [0, 0.05) is 12.4 Å². The van der Waals surface area contributed by atoms with Gasteiger partial charge < -0.3 is 9.88 Å². The van der Waals surface area contributed by atoms with Crippen LogP contribution >= 0.6 is 12.4 Å². The minimum atomic E-state index is 0. The van der Waals surface area contributed by atoms with Gasteiger partial charge in [-0.1, -0.05) is 29.5 Å². The molecule has 3 heterocycles. The summed E-state index contributed by atoms with van der Waals surface area (Å²) in [5.41, 5.74) is 3.75. The third kappa shape index (κ3) is 3.39. The van der Waals surface area contributed by atoms with Crippen molar-refractivity contribution < 1.29 is 0 Å². The summed E-state index contributed by atoms with van der Waals surface area (Å²) in [4.78, 5) is 4.63. The highest BCUT2D eigenvalue weighted by Gasteiger charge is 2.25. The topological polar surface area (TPSA) is 60.6 Å². The lowest BCUT2D eigenvalue weighted by molar-refractivity contribution is 0.337. The third-order valence-corrected chi connectivity index (χ3v) is 5.76. The Morgan fingerprint density at radius 1 is 1.07 bits per heavy atom. The Hall–Kier alpha value is -2.18. The van der Waals surface area contributed by atoms with Gasteiger partial charge in [-0.05, 0) is 56.3 Å². The van der Waals surface area contributed by atoms with E-state index in [1.165, 1.54) is 24.0 Å². The fourth-order valence-corrected chi connectivity index (χ4v) is 4.41. The van der Waals surface area contributed by atoms with E-state index in [2.05, 4.69) is 61.8 Å². The second-order valence-electron chi connectivity index (χ2n) is 7.33. The molecule has 1 saturated heterocycles. The fraction of sp³-hybridized carbons (Fsp3) is 0.450. The van der Waals surface area contributed by atoms with Crippen molar-refractivity contribution >= 4 is 12.4 Å². The first-order chi connectivity index (χ1) is 12.9. The van der Waals surface area contributed by atoms with Crippen molar-refractivity contribution in [1.29, 1.82) is 0 Å². The molecule has 0 radical (unpaired) electrons. The number of halogens is 1. The first kappa shape index (κ1) is 18.2. The van der Waals surface area contributed by atoms with Gasteiger partial charge in [-0.3, -0.25) is 0 Å². The number of piperidine rings is 1. The Bertz CT molecular complexity index is 895. The average Bonchev–Trinajstić information content (AvgIpc) is 3.37. The Kier molecular flexibility index (Phi) is 5.27. The molecule has 1 aromatic carbocycles. The molecule has 27 heavy (non-hydrogen) atoms. The molecule has 3 aromatic rings. The van der Waals surface area contributed by atoms with Crippen LogP contribution in [0.25, 0.3) is 11.5 Å². The molecule has 7 heteroatoms. The van der Waals surface area contributed by atoms with Gasteiger partial charge in [0.2, 0.25) is 0 Å². The highest BCUT2D eigenvalue weighted by atomic mass is 35.5. The molecular formula is C20H25ClN6. The van der Waals surface area contributed by atoms with Crippen molar-refractivity contribution in [2.75, 3.05) is 13.1 Å². The molecular weight excluding hydrogens is 360 g/mol. The third-order valence-electron chi connectivity index (χ3n) is 5.76. The molecule has 1 atom stereocenters. The van der Waals surface area contributed by atoms with Crippen LogP contribution in [0.3, 0.4) is 0 Å². The van der Waals surface area contributed by atoms with Crippen LogP contribution in [0, 0.1) is 0 Å². The molecule has 1 fully saturated rings. The van der Waals surface area contributed by atoms with E-state index in [1.807, 2.05) is 10.9 Å². The molecule has 2 aromatic heterocycles. The summed E-state index contributed by atoms with van der Waals surface area (Å²) >= 11 is 0. The molecule has 5 rings (SSSR count). The predicted molar refractivity (Wildman–Crippen MR) is 107 cm³/mol. The molecule has 0 unspecified atom stereocenters. The maximum atomic E-state index is 4.63. The maximum absolute atomic E-state index is 4.63. The molecule has 2 aliphatic rings. The number of fused-ring (bicyclic) bond motifs is 1. The van der Waals surface area contributed by atoms with Gasteiger partial charge in [0.15, 0.2) is 5.82 Å². The number of nitrogens with zero attached hydrogens (tertiary/aromatic N) is 5. The lowest BCUT2D eigenvalue weighted by Crippen LogP contribution is -2.29. The minimum absolute atomic E-state index is 0. The van der Waals surface area contributed by atoms with E-state index in [-0.39, 0.29) is 12.4 Å². The van der Waals surface area contributed by atoms with Crippen LogP contribution in [-0.2, 0) is 6.42 Å². The highest BCUT2D eigenvalue weighted by Crippen LogP contribution is 2.35. The average molecular weight is 385 g/mol. The molecule has 0 bridgehead atoms. The van der Waals surface area contributed by atoms with Crippen LogP contribution < -0.4 is 5.32 Å². The SMILES string of the molecule is Cl.c1ccc2c(c1)CCC[C@@H]2n1ccnc1-c1cn(C2CCNCC2)nn1. The summed E-state index contributed by atoms with van der Waals surface area (Å²) in [6, 6.07) is 9.57. The summed E-state index contributed by atoms with van der Waals surface area (Å²) in [5, 5.41) is 12.3. The minimum Gasteiger partial charge on any atom is -0.322 e. The quantitative estimate of drug-likeness (QED) is 0.751. The van der Waals surface area contributed by atoms with Crippen molar-refractivity contribution in [3.63, 3.8) is 0 Å². The zero-order valence-corrected chi connectivity index (χ0v) is 16.1. The Balaban J connectivity index is 0.00000180. The number of rotatable bonds is 3. The Morgan fingerprint density at radius 3 is 2.81 bits per heavy atom. The lowest BCUT2D eigenvalue weighted by Gasteiger charge is -2.27. The van der Waals surface area contributed by atoms with Crippen LogP contribution in [0.4, 0.5) is 0 Å². The van der Waals surface area contributed by atoms with Crippen molar-refractivity contribution in [3.05, 3.63) is 54.0 Å². The summed E-state index contributed by atoms with van der Waals surface area (Å²) in [5.74, 6) is 0.923. The molecule has 1 aliphatic heterocycles. The molecule has 142 valence electrons. The number of hydrogen-bond acceptors (Lipinski definition) is 4. The van der Waals surface area contributed by atoms with Crippen molar-refractivity contribution in [1.82, 2.24) is 29.9 Å². The van der Waals surface area contributed by atoms with Gasteiger partial charge in [-0.25, -0.2) is 9.67 Å². The lowest BCUT2D eigenvalue weighted by atomic mass is 9.87. The zero-order valence-electron chi connectivity index (χ0n) is 15.3. The number of aryl methyl sites for hydroxylation is 1. The van der Waals surface area contributed by atoms with E-state index in [4.69, 9.17) is 0 Å². The summed E-state index contributed by atoms with van der Waals surface area (Å²) < 4.78 is 4.32. The van der Waals surface area contributed by atoms with Crippen molar-refractivity contribution in [2.45, 2.75) is 44.2 Å². The standard InChI is InChI=1S/C20H24N6.ClH/c1-2-6-17-15(4-1)5-3-7-19(17)25-13-12-22-20(25)18-14-26(24-23-18)16-8-10-21-11-9-16;/h1-2,4,6,12-14,16,19,21H,3,5,7-11H2;1H/t19-;/m0./s1. The number of hydrogen-bond donors (Lipinski definition) is 1. The fourth-order valence-electron chi connectivity index (χ4n) is 4.41. The van der Waals surface area contributed by atoms with Crippen LogP contribution in [0.5, 0.6) is 0 Å². The van der Waals surface area contributed by atoms with Gasteiger partial charge in [-0.15, -0.1) is 17.5 Å². The first-order valence-electron chi connectivity index (χ1n) is 9.64. The van der Waals surface area contributed by atoms with Gasteiger partial charge in [0.1, 0.15) is 5.69 Å². The summed E-state index contributed by atoms with van der Waals surface area (Å²) in [6.45, 7) is 2.10. The molecule has 0 amide bonds. The summed E-state index contributed by atoms with van der Waals surface area (Å²) in [7, 11) is 0. The molecule has 1 N–H and O–H groups in total. The van der Waals surface area contributed by atoms with Crippen LogP contribution in [0.2, 0.25) is 0 Å². The van der Waals surface area contributed by atoms with E-state index >= 15 is 0 Å². The number of aromatic nitrogens is 5. The van der Waals surface area contributed by atoms with Crippen molar-refractivity contribution in [3.8, 4) is 11.5 Å². The molecule has 1 aliphatic carbocycles. The van der Waals surface area contributed by atoms with Crippen LogP contribution in [0.1, 0.15) is 48.9 Å². The van der Waals surface area contributed by atoms with E-state index in [0.717, 1.165) is 43.9 Å². The monoisotopic (exact) mass is 384 g/mol. The Labute approximate surface area is 165 Å². The van der Waals surface area contributed by atoms with Gasteiger partial charge in [-0.2, -0.15) is 0 Å². The predicted octanol–water partition coefficient (Wildman–Crippen LogP) is 3.41. The van der Waals surface area contributed by atoms with Crippen LogP contribution in [0.15, 0.2) is 42.9 Å². The molecule has 0 saturated carbocycles. The first-order valence-corrected chi connectivity index (χ1v) is 9.64. The second kappa shape index (κ2) is 7.82. The molecule has 6 nitrogen and oxygen atoms in total. The van der Waals surface area contributed by atoms with E-state index in [0.29, 0.717) is 12.1 Å². The zero-order chi connectivity index (χ0) is 17.3. The number of benzene rings is 1. The van der Waals surface area contributed by atoms with E-state index in [9.17, 15) is 0 Å². The van der Waals surface area contributed by atoms with Gasteiger partial charge in [0.05, 0.1) is 18.3 Å².